The molecule has 2 aromatic carbocycles. The van der Waals surface area contributed by atoms with Gasteiger partial charge in [-0.2, -0.15) is 0 Å². The summed E-state index contributed by atoms with van der Waals surface area (Å²) < 4.78 is 0. The predicted octanol–water partition coefficient (Wildman–Crippen LogP) is 4.57. The van der Waals surface area contributed by atoms with Gasteiger partial charge >= 0.3 is 5.97 Å². The molecule has 0 bridgehead atoms. The molecule has 1 saturated carbocycles. The molecule has 1 atom stereocenters. The molecule has 31 heavy (non-hydrogen) atoms. The highest BCUT2D eigenvalue weighted by Crippen LogP contribution is 2.41. The maximum Gasteiger partial charge on any atom is 0.321 e. The third-order valence-electron chi connectivity index (χ3n) is 6.81. The number of H-pyrrole nitrogens is 1. The van der Waals surface area contributed by atoms with E-state index >= 15 is 0 Å². The number of hydrogen-bond donors (Lipinski definition) is 3. The quantitative estimate of drug-likeness (QED) is 0.502. The van der Waals surface area contributed by atoms with Crippen LogP contribution >= 0.6 is 12.4 Å². The third kappa shape index (κ3) is 4.79. The monoisotopic (exact) mass is 441 g/mol. The Morgan fingerprint density at radius 1 is 1.13 bits per heavy atom. The Balaban J connectivity index is 0.00000272. The van der Waals surface area contributed by atoms with Crippen LogP contribution < -0.4 is 5.32 Å². The van der Waals surface area contributed by atoms with Crippen molar-refractivity contribution in [2.75, 3.05) is 14.1 Å². The summed E-state index contributed by atoms with van der Waals surface area (Å²) >= 11 is 0. The Labute approximate surface area is 190 Å². The number of hydrogen-bond acceptors (Lipinski definition) is 3. The van der Waals surface area contributed by atoms with Crippen LogP contribution in [0.25, 0.3) is 10.9 Å². The number of halogens is 1. The number of carboxylic acids is 1. The number of aliphatic carboxylic acids is 1. The van der Waals surface area contributed by atoms with Crippen molar-refractivity contribution in [1.82, 2.24) is 15.2 Å². The Kier molecular flexibility index (Phi) is 7.42. The normalized spacial score (nSPS) is 22.2. The first-order valence-corrected chi connectivity index (χ1v) is 10.8. The van der Waals surface area contributed by atoms with Gasteiger partial charge in [0.15, 0.2) is 0 Å². The molecule has 1 heterocycles. The van der Waals surface area contributed by atoms with Crippen molar-refractivity contribution in [1.29, 1.82) is 0 Å². The summed E-state index contributed by atoms with van der Waals surface area (Å²) in [7, 11) is 4.30. The summed E-state index contributed by atoms with van der Waals surface area (Å²) in [4.78, 5) is 17.6. The van der Waals surface area contributed by atoms with Crippen molar-refractivity contribution in [3.05, 3.63) is 71.9 Å². The highest BCUT2D eigenvalue weighted by molar-refractivity contribution is 5.85. The highest BCUT2D eigenvalue weighted by Gasteiger charge is 2.39. The van der Waals surface area contributed by atoms with Gasteiger partial charge in [0.05, 0.1) is 0 Å². The van der Waals surface area contributed by atoms with Crippen molar-refractivity contribution >= 4 is 29.3 Å². The molecule has 1 aliphatic rings. The van der Waals surface area contributed by atoms with Crippen LogP contribution in [-0.2, 0) is 16.8 Å². The SMILES string of the molecule is CN(C)C1(c2ccccc2)CCC(NC(Cc2c[nH]c3ccccc23)C(=O)O)CC1.Cl. The van der Waals surface area contributed by atoms with Gasteiger partial charge in [-0.05, 0) is 57.0 Å². The second kappa shape index (κ2) is 9.86. The molecule has 1 unspecified atom stereocenters. The molecule has 0 spiro atoms. The minimum Gasteiger partial charge on any atom is -0.480 e. The van der Waals surface area contributed by atoms with Crippen LogP contribution in [0.5, 0.6) is 0 Å². The lowest BCUT2D eigenvalue weighted by atomic mass is 9.74. The molecule has 0 radical (unpaired) electrons. The molecule has 5 nitrogen and oxygen atoms in total. The van der Waals surface area contributed by atoms with Gasteiger partial charge in [0.2, 0.25) is 0 Å². The zero-order valence-electron chi connectivity index (χ0n) is 18.2. The molecule has 0 saturated heterocycles. The first-order valence-electron chi connectivity index (χ1n) is 10.8. The van der Waals surface area contributed by atoms with Crippen LogP contribution in [0.4, 0.5) is 0 Å². The molecule has 1 aliphatic carbocycles. The Hall–Kier alpha value is -2.34. The predicted molar refractivity (Wildman–Crippen MR) is 128 cm³/mol. The van der Waals surface area contributed by atoms with E-state index in [1.807, 2.05) is 30.5 Å². The lowest BCUT2D eigenvalue weighted by molar-refractivity contribution is -0.139. The maximum atomic E-state index is 12.0. The number of carboxylic acid groups (broad SMARTS) is 1. The second-order valence-corrected chi connectivity index (χ2v) is 8.69. The first kappa shape index (κ1) is 23.3. The van der Waals surface area contributed by atoms with Crippen molar-refractivity contribution in [2.24, 2.45) is 0 Å². The zero-order chi connectivity index (χ0) is 21.1. The topological polar surface area (TPSA) is 68.4 Å². The van der Waals surface area contributed by atoms with Gasteiger partial charge in [-0.25, -0.2) is 0 Å². The standard InChI is InChI=1S/C25H31N3O2.ClH/c1-28(2)25(19-8-4-3-5-9-19)14-12-20(13-15-25)27-23(24(29)30)16-18-17-26-22-11-7-6-10-21(18)22;/h3-11,17,20,23,26-27H,12-16H2,1-2H3,(H,29,30);1H. The summed E-state index contributed by atoms with van der Waals surface area (Å²) in [5, 5.41) is 14.4. The number of nitrogens with zero attached hydrogens (tertiary/aromatic N) is 1. The van der Waals surface area contributed by atoms with E-state index in [9.17, 15) is 9.90 Å². The lowest BCUT2D eigenvalue weighted by Gasteiger charge is -2.46. The van der Waals surface area contributed by atoms with E-state index in [1.165, 1.54) is 5.56 Å². The van der Waals surface area contributed by atoms with Crippen molar-refractivity contribution in [2.45, 2.75) is 49.7 Å². The van der Waals surface area contributed by atoms with E-state index in [0.717, 1.165) is 42.1 Å². The number of rotatable bonds is 7. The minimum atomic E-state index is -0.784. The van der Waals surface area contributed by atoms with Crippen LogP contribution in [0.2, 0.25) is 0 Å². The molecule has 0 amide bonds. The van der Waals surface area contributed by atoms with Gasteiger partial charge in [-0.1, -0.05) is 48.5 Å². The molecular formula is C25H32ClN3O2. The van der Waals surface area contributed by atoms with Crippen LogP contribution in [0.15, 0.2) is 60.8 Å². The van der Waals surface area contributed by atoms with E-state index < -0.39 is 12.0 Å². The number of benzene rings is 2. The summed E-state index contributed by atoms with van der Waals surface area (Å²) in [5.74, 6) is -0.784. The summed E-state index contributed by atoms with van der Waals surface area (Å²) in [6.07, 6.45) is 6.38. The Morgan fingerprint density at radius 2 is 1.77 bits per heavy atom. The molecule has 4 rings (SSSR count). The summed E-state index contributed by atoms with van der Waals surface area (Å²) in [5.41, 5.74) is 3.47. The van der Waals surface area contributed by atoms with Crippen LogP contribution in [0.3, 0.4) is 0 Å². The van der Waals surface area contributed by atoms with Crippen molar-refractivity contribution < 1.29 is 9.90 Å². The highest BCUT2D eigenvalue weighted by atomic mass is 35.5. The lowest BCUT2D eigenvalue weighted by Crippen LogP contribution is -2.51. The number of aromatic amines is 1. The number of para-hydroxylation sites is 1. The van der Waals surface area contributed by atoms with Crippen LogP contribution in [0.1, 0.15) is 36.8 Å². The van der Waals surface area contributed by atoms with E-state index in [0.29, 0.717) is 6.42 Å². The van der Waals surface area contributed by atoms with Crippen molar-refractivity contribution in [3.63, 3.8) is 0 Å². The first-order chi connectivity index (χ1) is 14.5. The molecule has 1 fully saturated rings. The fourth-order valence-corrected chi connectivity index (χ4v) is 5.03. The molecule has 0 aliphatic heterocycles. The number of aromatic nitrogens is 1. The Bertz CT molecular complexity index is 994. The molecule has 166 valence electrons. The van der Waals surface area contributed by atoms with E-state index in [2.05, 4.69) is 59.6 Å². The van der Waals surface area contributed by atoms with Gasteiger partial charge in [-0.3, -0.25) is 9.69 Å². The molecule has 3 N–H and O–H groups in total. The third-order valence-corrected chi connectivity index (χ3v) is 6.81. The van der Waals surface area contributed by atoms with Gasteiger partial charge < -0.3 is 15.4 Å². The van der Waals surface area contributed by atoms with Gasteiger partial charge in [-0.15, -0.1) is 12.4 Å². The smallest absolute Gasteiger partial charge is 0.321 e. The molecule has 1 aromatic heterocycles. The number of nitrogens with one attached hydrogen (secondary N) is 2. The van der Waals surface area contributed by atoms with E-state index in [1.54, 1.807) is 0 Å². The fraction of sp³-hybridized carbons (Fsp3) is 0.400. The maximum absolute atomic E-state index is 12.0. The van der Waals surface area contributed by atoms with Gasteiger partial charge in [0.1, 0.15) is 6.04 Å². The zero-order valence-corrected chi connectivity index (χ0v) is 19.0. The van der Waals surface area contributed by atoms with Gasteiger partial charge in [0.25, 0.3) is 0 Å². The molecule has 6 heteroatoms. The Morgan fingerprint density at radius 3 is 2.42 bits per heavy atom. The largest absolute Gasteiger partial charge is 0.480 e. The second-order valence-electron chi connectivity index (χ2n) is 8.69. The average molecular weight is 442 g/mol. The number of fused-ring (bicyclic) bond motifs is 1. The van der Waals surface area contributed by atoms with E-state index in [4.69, 9.17) is 0 Å². The van der Waals surface area contributed by atoms with Crippen molar-refractivity contribution in [3.8, 4) is 0 Å². The average Bonchev–Trinajstić information content (AvgIpc) is 3.17. The summed E-state index contributed by atoms with van der Waals surface area (Å²) in [6.45, 7) is 0. The minimum absolute atomic E-state index is 0. The fourth-order valence-electron chi connectivity index (χ4n) is 5.03. The summed E-state index contributed by atoms with van der Waals surface area (Å²) in [6, 6.07) is 18.4. The molecular weight excluding hydrogens is 410 g/mol. The van der Waals surface area contributed by atoms with Crippen LogP contribution in [0, 0.1) is 0 Å². The number of carbonyl (C=O) groups is 1. The molecule has 3 aromatic rings. The van der Waals surface area contributed by atoms with Gasteiger partial charge in [0, 0.05) is 35.1 Å². The van der Waals surface area contributed by atoms with Crippen LogP contribution in [-0.4, -0.2) is 47.1 Å². The van der Waals surface area contributed by atoms with E-state index in [-0.39, 0.29) is 24.0 Å².